The summed E-state index contributed by atoms with van der Waals surface area (Å²) in [5.74, 6) is 0.00950. The van der Waals surface area contributed by atoms with Gasteiger partial charge in [0.2, 0.25) is 5.91 Å². The summed E-state index contributed by atoms with van der Waals surface area (Å²) in [6, 6.07) is 10.5. The van der Waals surface area contributed by atoms with Gasteiger partial charge in [-0.25, -0.2) is 0 Å². The number of carbonyl (C=O) groups is 1. The average molecular weight is 360 g/mol. The molecule has 2 aliphatic heterocycles. The molecule has 2 heterocycles. The topological polar surface area (TPSA) is 49.6 Å². The summed E-state index contributed by atoms with van der Waals surface area (Å²) in [6.07, 6.45) is 3.82. The van der Waals surface area contributed by atoms with Crippen LogP contribution in [-0.4, -0.2) is 54.5 Å². The zero-order valence-corrected chi connectivity index (χ0v) is 15.0. The van der Waals surface area contributed by atoms with Gasteiger partial charge in [-0.2, -0.15) is 0 Å². The number of nitrogens with two attached hydrogens (primary N) is 1. The Labute approximate surface area is 151 Å². The van der Waals surface area contributed by atoms with Crippen molar-refractivity contribution in [2.45, 2.75) is 31.2 Å². The van der Waals surface area contributed by atoms with Crippen LogP contribution in [0.25, 0.3) is 0 Å². The zero-order chi connectivity index (χ0) is 14.7. The van der Waals surface area contributed by atoms with E-state index in [1.165, 1.54) is 25.8 Å². The van der Waals surface area contributed by atoms with E-state index in [4.69, 9.17) is 5.73 Å². The zero-order valence-electron chi connectivity index (χ0n) is 13.4. The van der Waals surface area contributed by atoms with Crippen LogP contribution in [0.1, 0.15) is 30.7 Å². The van der Waals surface area contributed by atoms with E-state index in [2.05, 4.69) is 4.90 Å². The Morgan fingerprint density at radius 2 is 1.87 bits per heavy atom. The van der Waals surface area contributed by atoms with Crippen molar-refractivity contribution in [3.05, 3.63) is 35.9 Å². The van der Waals surface area contributed by atoms with Gasteiger partial charge in [0.15, 0.2) is 0 Å². The van der Waals surface area contributed by atoms with Gasteiger partial charge in [0, 0.05) is 32.2 Å². The molecular weight excluding hydrogens is 333 g/mol. The molecule has 4 nitrogen and oxygen atoms in total. The molecule has 0 bridgehead atoms. The fourth-order valence-electron chi connectivity index (χ4n) is 3.64. The SMILES string of the molecule is Cl.Cl.NCC(C(=O)N1CCN2CCCCC2C1)c1ccccc1. The Morgan fingerprint density at radius 3 is 2.57 bits per heavy atom. The number of rotatable bonds is 3. The molecule has 2 unspecified atom stereocenters. The molecule has 0 spiro atoms. The van der Waals surface area contributed by atoms with E-state index in [-0.39, 0.29) is 36.6 Å². The van der Waals surface area contributed by atoms with E-state index in [0.29, 0.717) is 12.6 Å². The highest BCUT2D eigenvalue weighted by atomic mass is 35.5. The van der Waals surface area contributed by atoms with Gasteiger partial charge in [0.1, 0.15) is 0 Å². The third-order valence-corrected chi connectivity index (χ3v) is 4.88. The van der Waals surface area contributed by atoms with Crippen molar-refractivity contribution in [2.75, 3.05) is 32.7 Å². The van der Waals surface area contributed by atoms with Gasteiger partial charge in [-0.1, -0.05) is 36.8 Å². The van der Waals surface area contributed by atoms with Crippen LogP contribution in [0.5, 0.6) is 0 Å². The van der Waals surface area contributed by atoms with Gasteiger partial charge in [0.05, 0.1) is 5.92 Å². The Kier molecular flexibility index (Phi) is 8.34. The summed E-state index contributed by atoms with van der Waals surface area (Å²) >= 11 is 0. The number of benzene rings is 1. The number of halogens is 2. The van der Waals surface area contributed by atoms with E-state index >= 15 is 0 Å². The van der Waals surface area contributed by atoms with Crippen LogP contribution in [-0.2, 0) is 4.79 Å². The molecule has 2 atom stereocenters. The number of amides is 1. The van der Waals surface area contributed by atoms with Crippen molar-refractivity contribution in [1.82, 2.24) is 9.80 Å². The molecule has 0 radical (unpaired) electrons. The maximum atomic E-state index is 12.8. The third kappa shape index (κ3) is 4.60. The van der Waals surface area contributed by atoms with Crippen LogP contribution in [0.3, 0.4) is 0 Å². The highest BCUT2D eigenvalue weighted by Gasteiger charge is 2.33. The molecule has 1 amide bonds. The van der Waals surface area contributed by atoms with Crippen molar-refractivity contribution >= 4 is 30.7 Å². The van der Waals surface area contributed by atoms with Crippen molar-refractivity contribution in [1.29, 1.82) is 0 Å². The monoisotopic (exact) mass is 359 g/mol. The lowest BCUT2D eigenvalue weighted by atomic mass is 9.95. The second-order valence-electron chi connectivity index (χ2n) is 6.17. The molecule has 2 saturated heterocycles. The summed E-state index contributed by atoms with van der Waals surface area (Å²) in [5.41, 5.74) is 6.92. The lowest BCUT2D eigenvalue weighted by Gasteiger charge is -2.44. The van der Waals surface area contributed by atoms with Crippen LogP contribution < -0.4 is 5.73 Å². The van der Waals surface area contributed by atoms with Crippen LogP contribution in [0, 0.1) is 0 Å². The number of fused-ring (bicyclic) bond motifs is 1. The normalized spacial score (nSPS) is 22.3. The first-order valence-corrected chi connectivity index (χ1v) is 8.07. The van der Waals surface area contributed by atoms with Crippen molar-refractivity contribution in [3.63, 3.8) is 0 Å². The summed E-state index contributed by atoms with van der Waals surface area (Å²) in [6.45, 7) is 4.32. The predicted octanol–water partition coefficient (Wildman–Crippen LogP) is 2.27. The molecule has 6 heteroatoms. The molecule has 2 aliphatic rings. The van der Waals surface area contributed by atoms with E-state index in [9.17, 15) is 4.79 Å². The molecule has 130 valence electrons. The van der Waals surface area contributed by atoms with Crippen LogP contribution in [0.4, 0.5) is 0 Å². The molecule has 1 aromatic rings. The minimum absolute atomic E-state index is 0. The standard InChI is InChI=1S/C17H25N3O.2ClH/c18-12-16(14-6-2-1-3-7-14)17(21)20-11-10-19-9-5-4-8-15(19)13-20;;/h1-3,6-7,15-16H,4-5,8-13,18H2;2*1H. The highest BCUT2D eigenvalue weighted by molar-refractivity contribution is 5.85. The molecule has 1 aromatic carbocycles. The lowest BCUT2D eigenvalue weighted by molar-refractivity contribution is -0.136. The van der Waals surface area contributed by atoms with Crippen LogP contribution in [0.2, 0.25) is 0 Å². The summed E-state index contributed by atoms with van der Waals surface area (Å²) in [7, 11) is 0. The maximum Gasteiger partial charge on any atom is 0.231 e. The first-order valence-electron chi connectivity index (χ1n) is 8.07. The fourth-order valence-corrected chi connectivity index (χ4v) is 3.64. The Balaban J connectivity index is 0.00000132. The smallest absolute Gasteiger partial charge is 0.231 e. The van der Waals surface area contributed by atoms with Gasteiger partial charge in [-0.15, -0.1) is 24.8 Å². The van der Waals surface area contributed by atoms with E-state index in [1.54, 1.807) is 0 Å². The number of piperidine rings is 1. The molecule has 23 heavy (non-hydrogen) atoms. The van der Waals surface area contributed by atoms with Gasteiger partial charge < -0.3 is 10.6 Å². The van der Waals surface area contributed by atoms with Crippen molar-refractivity contribution < 1.29 is 4.79 Å². The molecule has 3 rings (SSSR count). The lowest BCUT2D eigenvalue weighted by Crippen LogP contribution is -2.57. The van der Waals surface area contributed by atoms with E-state index in [1.807, 2.05) is 35.2 Å². The summed E-state index contributed by atoms with van der Waals surface area (Å²) < 4.78 is 0. The molecular formula is C17H27Cl2N3O. The largest absolute Gasteiger partial charge is 0.339 e. The van der Waals surface area contributed by atoms with Crippen molar-refractivity contribution in [3.8, 4) is 0 Å². The number of hydrogen-bond donors (Lipinski definition) is 1. The average Bonchev–Trinajstić information content (AvgIpc) is 2.56. The maximum absolute atomic E-state index is 12.8. The first-order chi connectivity index (χ1) is 10.3. The Morgan fingerprint density at radius 1 is 1.13 bits per heavy atom. The first kappa shape index (κ1) is 20.2. The van der Waals surface area contributed by atoms with Gasteiger partial charge >= 0.3 is 0 Å². The summed E-state index contributed by atoms with van der Waals surface area (Å²) in [5, 5.41) is 0. The molecule has 0 aromatic heterocycles. The highest BCUT2D eigenvalue weighted by Crippen LogP contribution is 2.24. The van der Waals surface area contributed by atoms with Crippen LogP contribution in [0.15, 0.2) is 30.3 Å². The second-order valence-corrected chi connectivity index (χ2v) is 6.17. The third-order valence-electron chi connectivity index (χ3n) is 4.88. The van der Waals surface area contributed by atoms with Crippen LogP contribution >= 0.6 is 24.8 Å². The Bertz CT molecular complexity index is 486. The number of nitrogens with zero attached hydrogens (tertiary/aromatic N) is 2. The van der Waals surface area contributed by atoms with E-state index < -0.39 is 0 Å². The second kappa shape index (κ2) is 9.48. The van der Waals surface area contributed by atoms with Gasteiger partial charge in [0.25, 0.3) is 0 Å². The fraction of sp³-hybridized carbons (Fsp3) is 0.588. The van der Waals surface area contributed by atoms with E-state index in [0.717, 1.165) is 25.2 Å². The summed E-state index contributed by atoms with van der Waals surface area (Å²) in [4.78, 5) is 17.4. The minimum atomic E-state index is -0.193. The van der Waals surface area contributed by atoms with Crippen molar-refractivity contribution in [2.24, 2.45) is 5.73 Å². The number of carbonyl (C=O) groups excluding carboxylic acids is 1. The predicted molar refractivity (Wildman–Crippen MR) is 98.5 cm³/mol. The minimum Gasteiger partial charge on any atom is -0.339 e. The van der Waals surface area contributed by atoms with Gasteiger partial charge in [-0.3, -0.25) is 9.69 Å². The quantitative estimate of drug-likeness (QED) is 0.900. The molecule has 2 fully saturated rings. The van der Waals surface area contributed by atoms with Gasteiger partial charge in [-0.05, 0) is 24.9 Å². The number of hydrogen-bond acceptors (Lipinski definition) is 3. The Hall–Kier alpha value is -0.810. The number of piperazine rings is 1. The molecule has 0 saturated carbocycles. The molecule has 2 N–H and O–H groups in total. The molecule has 0 aliphatic carbocycles.